The summed E-state index contributed by atoms with van der Waals surface area (Å²) in [5, 5.41) is 0. The Bertz CT molecular complexity index is 576. The molecular weight excluding hydrogens is 260 g/mol. The Balaban J connectivity index is 2.05. The Hall–Kier alpha value is -1.87. The second-order valence-electron chi connectivity index (χ2n) is 5.62. The molecular formula is C18H24N2O. The van der Waals surface area contributed by atoms with Gasteiger partial charge in [-0.2, -0.15) is 0 Å². The van der Waals surface area contributed by atoms with Gasteiger partial charge in [-0.1, -0.05) is 38.1 Å². The van der Waals surface area contributed by atoms with E-state index < -0.39 is 0 Å². The second kappa shape index (κ2) is 7.23. The molecule has 3 heteroatoms. The lowest BCUT2D eigenvalue weighted by Gasteiger charge is -2.12. The summed E-state index contributed by atoms with van der Waals surface area (Å²) in [4.78, 5) is 4.51. The van der Waals surface area contributed by atoms with E-state index in [0.717, 1.165) is 23.6 Å². The van der Waals surface area contributed by atoms with Crippen molar-refractivity contribution in [2.45, 2.75) is 39.7 Å². The van der Waals surface area contributed by atoms with Gasteiger partial charge < -0.3 is 10.5 Å². The Kier molecular flexibility index (Phi) is 5.34. The molecule has 2 N–H and O–H groups in total. The van der Waals surface area contributed by atoms with Gasteiger partial charge in [0.15, 0.2) is 0 Å². The molecule has 1 heterocycles. The van der Waals surface area contributed by atoms with Gasteiger partial charge in [0.2, 0.25) is 0 Å². The molecule has 0 atom stereocenters. The highest BCUT2D eigenvalue weighted by atomic mass is 16.5. The highest BCUT2D eigenvalue weighted by Crippen LogP contribution is 2.20. The number of rotatable bonds is 6. The summed E-state index contributed by atoms with van der Waals surface area (Å²) in [5.41, 5.74) is 10.1. The van der Waals surface area contributed by atoms with Gasteiger partial charge in [0.1, 0.15) is 12.4 Å². The van der Waals surface area contributed by atoms with Crippen molar-refractivity contribution in [1.82, 2.24) is 4.98 Å². The maximum atomic E-state index is 5.91. The third-order valence-corrected chi connectivity index (χ3v) is 3.49. The van der Waals surface area contributed by atoms with Gasteiger partial charge in [-0.15, -0.1) is 0 Å². The molecule has 0 unspecified atom stereocenters. The Morgan fingerprint density at radius 1 is 1.10 bits per heavy atom. The van der Waals surface area contributed by atoms with E-state index in [0.29, 0.717) is 19.1 Å². The predicted octanol–water partition coefficient (Wildman–Crippen LogP) is 3.59. The summed E-state index contributed by atoms with van der Waals surface area (Å²) in [6, 6.07) is 12.5. The van der Waals surface area contributed by atoms with Crippen LogP contribution in [0, 0.1) is 6.92 Å². The van der Waals surface area contributed by atoms with E-state index in [9.17, 15) is 0 Å². The molecule has 0 aliphatic carbocycles. The summed E-state index contributed by atoms with van der Waals surface area (Å²) in [6.45, 7) is 7.51. The van der Waals surface area contributed by atoms with Crippen LogP contribution in [0.25, 0.3) is 0 Å². The Morgan fingerprint density at radius 2 is 1.81 bits per heavy atom. The summed E-state index contributed by atoms with van der Waals surface area (Å²) in [5.74, 6) is 1.39. The number of hydrogen-bond acceptors (Lipinski definition) is 3. The smallest absolute Gasteiger partial charge is 0.141 e. The van der Waals surface area contributed by atoms with Gasteiger partial charge in [0.05, 0.1) is 5.69 Å². The van der Waals surface area contributed by atoms with Gasteiger partial charge >= 0.3 is 0 Å². The van der Waals surface area contributed by atoms with Gasteiger partial charge in [0, 0.05) is 12.1 Å². The number of pyridine rings is 1. The maximum Gasteiger partial charge on any atom is 0.141 e. The van der Waals surface area contributed by atoms with Crippen molar-refractivity contribution in [2.24, 2.45) is 5.73 Å². The fourth-order valence-electron chi connectivity index (χ4n) is 2.20. The van der Waals surface area contributed by atoms with Crippen molar-refractivity contribution in [1.29, 1.82) is 0 Å². The van der Waals surface area contributed by atoms with Gasteiger partial charge in [0.25, 0.3) is 0 Å². The number of hydrogen-bond donors (Lipinski definition) is 1. The van der Waals surface area contributed by atoms with Crippen LogP contribution < -0.4 is 10.5 Å². The maximum absolute atomic E-state index is 5.91. The first-order valence-corrected chi connectivity index (χ1v) is 7.48. The first kappa shape index (κ1) is 15.5. The van der Waals surface area contributed by atoms with Crippen molar-refractivity contribution in [3.63, 3.8) is 0 Å². The molecule has 3 nitrogen and oxygen atoms in total. The van der Waals surface area contributed by atoms with E-state index in [1.54, 1.807) is 0 Å². The Labute approximate surface area is 127 Å². The minimum absolute atomic E-state index is 0.553. The number of aryl methyl sites for hydroxylation is 1. The zero-order valence-corrected chi connectivity index (χ0v) is 13.1. The van der Waals surface area contributed by atoms with E-state index in [4.69, 9.17) is 10.5 Å². The van der Waals surface area contributed by atoms with Crippen molar-refractivity contribution in [2.75, 3.05) is 6.54 Å². The van der Waals surface area contributed by atoms with Crippen LogP contribution in [0.3, 0.4) is 0 Å². The highest BCUT2D eigenvalue weighted by molar-refractivity contribution is 5.30. The van der Waals surface area contributed by atoms with Crippen LogP contribution in [0.15, 0.2) is 36.4 Å². The second-order valence-corrected chi connectivity index (χ2v) is 5.62. The zero-order valence-electron chi connectivity index (χ0n) is 13.1. The fraction of sp³-hybridized carbons (Fsp3) is 0.389. The number of nitrogens with zero attached hydrogens (tertiary/aromatic N) is 1. The minimum Gasteiger partial charge on any atom is -0.487 e. The quantitative estimate of drug-likeness (QED) is 0.881. The molecule has 1 aromatic heterocycles. The minimum atomic E-state index is 0.553. The molecule has 0 aliphatic heterocycles. The fourth-order valence-corrected chi connectivity index (χ4v) is 2.20. The van der Waals surface area contributed by atoms with Crippen LogP contribution in [-0.4, -0.2) is 11.5 Å². The van der Waals surface area contributed by atoms with Crippen molar-refractivity contribution in [3.8, 4) is 5.75 Å². The van der Waals surface area contributed by atoms with E-state index in [1.165, 1.54) is 11.1 Å². The first-order chi connectivity index (χ1) is 10.1. The third kappa shape index (κ3) is 4.30. The van der Waals surface area contributed by atoms with Gasteiger partial charge in [-0.3, -0.25) is 4.98 Å². The van der Waals surface area contributed by atoms with E-state index in [1.807, 2.05) is 19.1 Å². The first-order valence-electron chi connectivity index (χ1n) is 7.48. The molecule has 1 aromatic carbocycles. The van der Waals surface area contributed by atoms with E-state index in [2.05, 4.69) is 43.1 Å². The topological polar surface area (TPSA) is 48.1 Å². The number of benzene rings is 1. The molecule has 0 radical (unpaired) electrons. The van der Waals surface area contributed by atoms with Gasteiger partial charge in [-0.05, 0) is 42.6 Å². The summed E-state index contributed by atoms with van der Waals surface area (Å²) < 4.78 is 5.91. The lowest BCUT2D eigenvalue weighted by Crippen LogP contribution is -2.08. The van der Waals surface area contributed by atoms with Crippen LogP contribution in [0.5, 0.6) is 5.75 Å². The number of nitrogens with two attached hydrogens (primary N) is 1. The van der Waals surface area contributed by atoms with Crippen LogP contribution >= 0.6 is 0 Å². The lowest BCUT2D eigenvalue weighted by molar-refractivity contribution is 0.301. The predicted molar refractivity (Wildman–Crippen MR) is 86.6 cm³/mol. The molecule has 0 aliphatic rings. The molecule has 112 valence electrons. The number of ether oxygens (including phenoxy) is 1. The van der Waals surface area contributed by atoms with Crippen LogP contribution in [0.1, 0.15) is 42.3 Å². The summed E-state index contributed by atoms with van der Waals surface area (Å²) >= 11 is 0. The summed E-state index contributed by atoms with van der Waals surface area (Å²) in [7, 11) is 0. The van der Waals surface area contributed by atoms with Crippen molar-refractivity contribution < 1.29 is 4.74 Å². The highest BCUT2D eigenvalue weighted by Gasteiger charge is 2.06. The van der Waals surface area contributed by atoms with Crippen molar-refractivity contribution in [3.05, 3.63) is 58.9 Å². The zero-order chi connectivity index (χ0) is 15.2. The average molecular weight is 284 g/mol. The van der Waals surface area contributed by atoms with Crippen LogP contribution in [0.2, 0.25) is 0 Å². The molecule has 0 bridgehead atoms. The Morgan fingerprint density at radius 3 is 2.43 bits per heavy atom. The van der Waals surface area contributed by atoms with E-state index >= 15 is 0 Å². The SMILES string of the molecule is Cc1ccc(OCc2ccc(C(C)C)cc2)c(CCN)n1. The third-order valence-electron chi connectivity index (χ3n) is 3.49. The standard InChI is InChI=1S/C18H24N2O/c1-13(2)16-7-5-15(6-8-16)12-21-18-9-4-14(3)20-17(18)10-11-19/h4-9,13H,10-12,19H2,1-3H3. The largest absolute Gasteiger partial charge is 0.487 e. The van der Waals surface area contributed by atoms with Crippen LogP contribution in [-0.2, 0) is 13.0 Å². The normalized spacial score (nSPS) is 10.9. The summed E-state index contributed by atoms with van der Waals surface area (Å²) in [6.07, 6.45) is 0.739. The van der Waals surface area contributed by atoms with Crippen molar-refractivity contribution >= 4 is 0 Å². The molecule has 21 heavy (non-hydrogen) atoms. The van der Waals surface area contributed by atoms with E-state index in [-0.39, 0.29) is 0 Å². The lowest BCUT2D eigenvalue weighted by atomic mass is 10.0. The van der Waals surface area contributed by atoms with Gasteiger partial charge in [-0.25, -0.2) is 0 Å². The molecule has 0 spiro atoms. The molecule has 0 saturated carbocycles. The molecule has 0 amide bonds. The van der Waals surface area contributed by atoms with Crippen LogP contribution in [0.4, 0.5) is 0 Å². The molecule has 2 aromatic rings. The molecule has 2 rings (SSSR count). The molecule has 0 saturated heterocycles. The number of aromatic nitrogens is 1. The monoisotopic (exact) mass is 284 g/mol. The average Bonchev–Trinajstić information content (AvgIpc) is 2.47. The molecule has 0 fully saturated rings.